The van der Waals surface area contributed by atoms with E-state index < -0.39 is 11.9 Å². The summed E-state index contributed by atoms with van der Waals surface area (Å²) in [6, 6.07) is 13.0. The number of aryl methyl sites for hydroxylation is 1. The van der Waals surface area contributed by atoms with E-state index in [1.54, 1.807) is 37.4 Å². The van der Waals surface area contributed by atoms with Gasteiger partial charge in [0.05, 0.1) is 11.7 Å². The average molecular weight is 432 g/mol. The van der Waals surface area contributed by atoms with Gasteiger partial charge in [-0.3, -0.25) is 9.59 Å². The molecule has 0 bridgehead atoms. The summed E-state index contributed by atoms with van der Waals surface area (Å²) < 4.78 is 14.6. The summed E-state index contributed by atoms with van der Waals surface area (Å²) in [6.45, 7) is 1.88. The van der Waals surface area contributed by atoms with Crippen molar-refractivity contribution in [3.05, 3.63) is 105 Å². The number of nitrogens with one attached hydrogen (secondary N) is 1. The Balaban J connectivity index is 1.67. The lowest BCUT2D eigenvalue weighted by Gasteiger charge is -2.30. The number of rotatable bonds is 5. The fourth-order valence-electron chi connectivity index (χ4n) is 3.60. The number of hydrogen-bond donors (Lipinski definition) is 1. The Kier molecular flexibility index (Phi) is 5.68. The molecule has 0 saturated carbocycles. The van der Waals surface area contributed by atoms with Crippen LogP contribution in [0.3, 0.4) is 0 Å². The second-order valence-electron chi connectivity index (χ2n) is 7.61. The second-order valence-corrected chi connectivity index (χ2v) is 7.61. The molecule has 162 valence electrons. The van der Waals surface area contributed by atoms with Crippen molar-refractivity contribution in [2.45, 2.75) is 19.4 Å². The average Bonchev–Trinajstić information content (AvgIpc) is 2.78. The van der Waals surface area contributed by atoms with E-state index in [4.69, 9.17) is 0 Å². The van der Waals surface area contributed by atoms with Gasteiger partial charge in [0.1, 0.15) is 5.82 Å². The van der Waals surface area contributed by atoms with E-state index in [1.165, 1.54) is 40.2 Å². The van der Waals surface area contributed by atoms with Crippen LogP contribution in [0.2, 0.25) is 0 Å². The summed E-state index contributed by atoms with van der Waals surface area (Å²) in [4.78, 5) is 39.0. The highest BCUT2D eigenvalue weighted by atomic mass is 19.1. The van der Waals surface area contributed by atoms with Crippen LogP contribution in [0.15, 0.2) is 77.4 Å². The van der Waals surface area contributed by atoms with Crippen molar-refractivity contribution in [2.24, 2.45) is 0 Å². The summed E-state index contributed by atoms with van der Waals surface area (Å²) >= 11 is 0. The van der Waals surface area contributed by atoms with E-state index in [9.17, 15) is 18.8 Å². The van der Waals surface area contributed by atoms with Crippen molar-refractivity contribution in [1.82, 2.24) is 20.0 Å². The summed E-state index contributed by atoms with van der Waals surface area (Å²) in [5, 5.41) is 6.89. The third-order valence-electron chi connectivity index (χ3n) is 5.40. The Hall–Kier alpha value is -4.07. The smallest absolute Gasteiger partial charge is 0.321 e. The zero-order valence-electron chi connectivity index (χ0n) is 17.6. The number of ketones is 1. The number of urea groups is 1. The minimum absolute atomic E-state index is 0.0640. The molecule has 2 amide bonds. The Morgan fingerprint density at radius 2 is 1.88 bits per heavy atom. The first-order chi connectivity index (χ1) is 15.3. The zero-order chi connectivity index (χ0) is 22.8. The Morgan fingerprint density at radius 1 is 1.12 bits per heavy atom. The minimum atomic E-state index is -0.686. The molecule has 4 rings (SSSR count). The number of amides is 2. The number of Topliss-reactive ketones (excluding diaryl/α,β-unsaturated/α-hetero) is 1. The van der Waals surface area contributed by atoms with Gasteiger partial charge in [0, 0.05) is 37.5 Å². The van der Waals surface area contributed by atoms with Gasteiger partial charge in [-0.25, -0.2) is 9.18 Å². The normalized spacial score (nSPS) is 15.8. The number of aromatic nitrogens is 2. The molecule has 0 spiro atoms. The maximum absolute atomic E-state index is 13.4. The first kappa shape index (κ1) is 21.2. The summed E-state index contributed by atoms with van der Waals surface area (Å²) in [5.74, 6) is -0.596. The van der Waals surface area contributed by atoms with Crippen LogP contribution in [0, 0.1) is 12.7 Å². The summed E-state index contributed by atoms with van der Waals surface area (Å²) in [5.41, 5.74) is 2.91. The molecule has 2 heterocycles. The highest BCUT2D eigenvalue weighted by Gasteiger charge is 2.30. The van der Waals surface area contributed by atoms with Crippen molar-refractivity contribution < 1.29 is 14.0 Å². The van der Waals surface area contributed by atoms with Crippen LogP contribution in [-0.4, -0.2) is 33.5 Å². The fourth-order valence-corrected chi connectivity index (χ4v) is 3.60. The molecular weight excluding hydrogens is 411 g/mol. The molecule has 1 aromatic heterocycles. The van der Waals surface area contributed by atoms with Gasteiger partial charge in [0.2, 0.25) is 0 Å². The molecule has 0 radical (unpaired) electrons. The van der Waals surface area contributed by atoms with Gasteiger partial charge in [0.25, 0.3) is 5.56 Å². The van der Waals surface area contributed by atoms with E-state index in [0.29, 0.717) is 16.8 Å². The lowest BCUT2D eigenvalue weighted by Crippen LogP contribution is -2.43. The fraction of sp³-hybridized carbons (Fsp3) is 0.167. The molecule has 3 aromatic rings. The number of nitrogens with zero attached hydrogens (tertiary/aromatic N) is 3. The lowest BCUT2D eigenvalue weighted by molar-refractivity contribution is -0.115. The Morgan fingerprint density at radius 3 is 2.59 bits per heavy atom. The molecule has 0 unspecified atom stereocenters. The molecule has 32 heavy (non-hydrogen) atoms. The first-order valence-corrected chi connectivity index (χ1v) is 10.0. The highest BCUT2D eigenvalue weighted by molar-refractivity contribution is 6.00. The van der Waals surface area contributed by atoms with Crippen LogP contribution in [0.25, 0.3) is 5.69 Å². The first-order valence-electron chi connectivity index (χ1n) is 10.0. The summed E-state index contributed by atoms with van der Waals surface area (Å²) in [6.07, 6.45) is 3.09. The van der Waals surface area contributed by atoms with E-state index in [-0.39, 0.29) is 23.8 Å². The molecule has 0 aliphatic carbocycles. The maximum Gasteiger partial charge on any atom is 0.321 e. The third kappa shape index (κ3) is 4.20. The van der Waals surface area contributed by atoms with Gasteiger partial charge in [0.15, 0.2) is 5.78 Å². The summed E-state index contributed by atoms with van der Waals surface area (Å²) in [7, 11) is 1.56. The Bertz CT molecular complexity index is 1280. The van der Waals surface area contributed by atoms with Gasteiger partial charge < -0.3 is 10.2 Å². The van der Waals surface area contributed by atoms with Gasteiger partial charge in [-0.05, 0) is 53.9 Å². The van der Waals surface area contributed by atoms with Crippen LogP contribution in [0.5, 0.6) is 0 Å². The van der Waals surface area contributed by atoms with Crippen LogP contribution < -0.4 is 10.9 Å². The number of hydrogen-bond acceptors (Lipinski definition) is 4. The van der Waals surface area contributed by atoms with Crippen molar-refractivity contribution in [3.8, 4) is 5.69 Å². The van der Waals surface area contributed by atoms with Crippen LogP contribution in [0.1, 0.15) is 22.7 Å². The molecule has 1 aliphatic heterocycles. The molecule has 0 saturated heterocycles. The quantitative estimate of drug-likeness (QED) is 0.672. The number of benzene rings is 2. The van der Waals surface area contributed by atoms with Crippen molar-refractivity contribution in [2.75, 3.05) is 7.05 Å². The molecule has 1 aliphatic rings. The van der Waals surface area contributed by atoms with Crippen LogP contribution in [0.4, 0.5) is 9.18 Å². The minimum Gasteiger partial charge on any atom is -0.327 e. The van der Waals surface area contributed by atoms with Crippen molar-refractivity contribution >= 4 is 11.8 Å². The molecule has 7 nitrogen and oxygen atoms in total. The SMILES string of the molecule is Cc1ccc(-n2ncccc2=O)cc1CC(=O)C1=CN(C)C(=O)N[C@H]1c1ccc(F)cc1. The second kappa shape index (κ2) is 8.58. The molecule has 1 atom stereocenters. The largest absolute Gasteiger partial charge is 0.327 e. The van der Waals surface area contributed by atoms with E-state index in [2.05, 4.69) is 10.4 Å². The third-order valence-corrected chi connectivity index (χ3v) is 5.40. The number of carbonyl (C=O) groups excluding carboxylic acids is 2. The van der Waals surface area contributed by atoms with Crippen LogP contribution in [-0.2, 0) is 11.2 Å². The van der Waals surface area contributed by atoms with E-state index >= 15 is 0 Å². The lowest BCUT2D eigenvalue weighted by atomic mass is 9.91. The molecule has 1 N–H and O–H groups in total. The topological polar surface area (TPSA) is 84.3 Å². The molecular formula is C24H21FN4O3. The van der Waals surface area contributed by atoms with E-state index in [1.807, 2.05) is 13.0 Å². The van der Waals surface area contributed by atoms with Crippen LogP contribution >= 0.6 is 0 Å². The zero-order valence-corrected chi connectivity index (χ0v) is 17.6. The van der Waals surface area contributed by atoms with Crippen molar-refractivity contribution in [3.63, 3.8) is 0 Å². The standard InChI is InChI=1S/C24H21FN4O3/c1-15-5-10-19(29-22(31)4-3-11-26-29)12-17(15)13-21(30)20-14-28(2)24(32)27-23(20)16-6-8-18(25)9-7-16/h3-12,14,23H,13H2,1-2H3,(H,27,32)/t23-/m0/s1. The van der Waals surface area contributed by atoms with E-state index in [0.717, 1.165) is 11.1 Å². The van der Waals surface area contributed by atoms with Gasteiger partial charge >= 0.3 is 6.03 Å². The maximum atomic E-state index is 13.4. The highest BCUT2D eigenvalue weighted by Crippen LogP contribution is 2.28. The Labute approximate surface area is 183 Å². The predicted molar refractivity (Wildman–Crippen MR) is 117 cm³/mol. The van der Waals surface area contributed by atoms with Gasteiger partial charge in [-0.1, -0.05) is 18.2 Å². The number of halogens is 1. The molecule has 2 aromatic carbocycles. The predicted octanol–water partition coefficient (Wildman–Crippen LogP) is 3.07. The van der Waals surface area contributed by atoms with Gasteiger partial charge in [-0.2, -0.15) is 9.78 Å². The van der Waals surface area contributed by atoms with Crippen molar-refractivity contribution in [1.29, 1.82) is 0 Å². The monoisotopic (exact) mass is 432 g/mol. The van der Waals surface area contributed by atoms with Gasteiger partial charge in [-0.15, -0.1) is 0 Å². The number of carbonyl (C=O) groups is 2. The molecule has 8 heteroatoms. The molecule has 0 fully saturated rings.